The molecule has 0 saturated heterocycles. The average Bonchev–Trinajstić information content (AvgIpc) is 3.02. The molecular formula is C24H30ClN3O. The fraction of sp³-hybridized carbons (Fsp3) is 0.417. The Morgan fingerprint density at radius 2 is 1.86 bits per heavy atom. The van der Waals surface area contributed by atoms with E-state index in [2.05, 4.69) is 49.7 Å². The zero-order chi connectivity index (χ0) is 21.0. The zero-order valence-corrected chi connectivity index (χ0v) is 18.5. The van der Waals surface area contributed by atoms with Crippen molar-refractivity contribution >= 4 is 28.5 Å². The van der Waals surface area contributed by atoms with Gasteiger partial charge in [0.25, 0.3) is 0 Å². The Labute approximate surface area is 178 Å². The van der Waals surface area contributed by atoms with Crippen LogP contribution < -0.4 is 5.32 Å². The summed E-state index contributed by atoms with van der Waals surface area (Å²) in [5, 5.41) is 3.81. The second-order valence-corrected chi connectivity index (χ2v) is 8.09. The summed E-state index contributed by atoms with van der Waals surface area (Å²) >= 11 is 6.43. The molecule has 4 nitrogen and oxygen atoms in total. The molecule has 3 rings (SSSR count). The van der Waals surface area contributed by atoms with E-state index < -0.39 is 0 Å². The maximum Gasteiger partial charge on any atom is 0.243 e. The van der Waals surface area contributed by atoms with Gasteiger partial charge in [0, 0.05) is 18.0 Å². The minimum atomic E-state index is -0.281. The number of benzene rings is 2. The van der Waals surface area contributed by atoms with Crippen molar-refractivity contribution in [2.75, 3.05) is 6.54 Å². The highest BCUT2D eigenvalue weighted by Crippen LogP contribution is 2.29. The van der Waals surface area contributed by atoms with Gasteiger partial charge >= 0.3 is 0 Å². The van der Waals surface area contributed by atoms with Gasteiger partial charge in [-0.3, -0.25) is 4.79 Å². The Morgan fingerprint density at radius 1 is 1.14 bits per heavy atom. The minimum Gasteiger partial charge on any atom is -0.354 e. The quantitative estimate of drug-likeness (QED) is 0.511. The van der Waals surface area contributed by atoms with Crippen LogP contribution >= 0.6 is 11.6 Å². The van der Waals surface area contributed by atoms with Crippen molar-refractivity contribution in [2.24, 2.45) is 0 Å². The number of rotatable bonds is 8. The number of carbonyl (C=O) groups is 1. The van der Waals surface area contributed by atoms with Crippen LogP contribution in [0.25, 0.3) is 11.0 Å². The molecule has 1 amide bonds. The Hall–Kier alpha value is -2.33. The predicted molar refractivity (Wildman–Crippen MR) is 121 cm³/mol. The number of hydrogen-bond donors (Lipinski definition) is 1. The van der Waals surface area contributed by atoms with E-state index in [0.29, 0.717) is 13.0 Å². The number of halogens is 1. The lowest BCUT2D eigenvalue weighted by molar-refractivity contribution is -0.124. The van der Waals surface area contributed by atoms with Crippen molar-refractivity contribution in [3.63, 3.8) is 0 Å². The average molecular weight is 412 g/mol. The molecule has 1 aromatic heterocycles. The number of hydrogen-bond acceptors (Lipinski definition) is 2. The van der Waals surface area contributed by atoms with Crippen LogP contribution in [-0.2, 0) is 11.2 Å². The summed E-state index contributed by atoms with van der Waals surface area (Å²) in [7, 11) is 0. The Bertz CT molecular complexity index is 1010. The first-order chi connectivity index (χ1) is 14.0. The molecule has 0 aliphatic carbocycles. The monoisotopic (exact) mass is 411 g/mol. The van der Waals surface area contributed by atoms with Gasteiger partial charge in [0.05, 0.1) is 11.0 Å². The third-order valence-electron chi connectivity index (χ3n) is 5.41. The van der Waals surface area contributed by atoms with Gasteiger partial charge in [-0.15, -0.1) is 0 Å². The van der Waals surface area contributed by atoms with Crippen molar-refractivity contribution in [1.29, 1.82) is 0 Å². The summed E-state index contributed by atoms with van der Waals surface area (Å²) in [6.45, 7) is 9.06. The largest absolute Gasteiger partial charge is 0.354 e. The van der Waals surface area contributed by atoms with Crippen molar-refractivity contribution in [1.82, 2.24) is 14.9 Å². The number of amides is 1. The molecule has 2 aromatic carbocycles. The maximum absolute atomic E-state index is 13.1. The van der Waals surface area contributed by atoms with Crippen LogP contribution in [0.4, 0.5) is 0 Å². The first-order valence-electron chi connectivity index (χ1n) is 10.4. The third kappa shape index (κ3) is 4.64. The molecule has 3 aromatic rings. The molecule has 1 N–H and O–H groups in total. The molecule has 0 aliphatic heterocycles. The number of fused-ring (bicyclic) bond motifs is 1. The molecule has 1 heterocycles. The van der Waals surface area contributed by atoms with Gasteiger partial charge in [-0.2, -0.15) is 0 Å². The molecule has 0 spiro atoms. The van der Waals surface area contributed by atoms with Crippen LogP contribution in [0.1, 0.15) is 61.7 Å². The fourth-order valence-corrected chi connectivity index (χ4v) is 3.90. The lowest BCUT2D eigenvalue weighted by Crippen LogP contribution is -2.33. The summed E-state index contributed by atoms with van der Waals surface area (Å²) in [6, 6.07) is 11.8. The summed E-state index contributed by atoms with van der Waals surface area (Å²) in [4.78, 5) is 18.0. The third-order valence-corrected chi connectivity index (χ3v) is 5.78. The number of imidazole rings is 1. The minimum absolute atomic E-state index is 0.0617. The van der Waals surface area contributed by atoms with E-state index in [1.165, 1.54) is 11.1 Å². The number of carbonyl (C=O) groups excluding carboxylic acids is 1. The smallest absolute Gasteiger partial charge is 0.243 e. The van der Waals surface area contributed by atoms with Crippen LogP contribution in [0.15, 0.2) is 36.4 Å². The number of aryl methyl sites for hydroxylation is 2. The first-order valence-corrected chi connectivity index (χ1v) is 10.8. The Morgan fingerprint density at radius 3 is 2.55 bits per heavy atom. The summed E-state index contributed by atoms with van der Waals surface area (Å²) < 4.78 is 2.14. The molecule has 29 heavy (non-hydrogen) atoms. The van der Waals surface area contributed by atoms with Crippen molar-refractivity contribution < 1.29 is 4.79 Å². The second-order valence-electron chi connectivity index (χ2n) is 7.69. The highest BCUT2D eigenvalue weighted by atomic mass is 35.5. The molecule has 0 unspecified atom stereocenters. The van der Waals surface area contributed by atoms with Gasteiger partial charge in [0.15, 0.2) is 0 Å². The van der Waals surface area contributed by atoms with Crippen molar-refractivity contribution in [3.8, 4) is 0 Å². The molecule has 154 valence electrons. The molecule has 0 bridgehead atoms. The van der Waals surface area contributed by atoms with E-state index in [1.807, 2.05) is 24.3 Å². The predicted octanol–water partition coefficient (Wildman–Crippen LogP) is 5.76. The second kappa shape index (κ2) is 9.45. The number of aromatic nitrogens is 2. The van der Waals surface area contributed by atoms with E-state index in [9.17, 15) is 4.79 Å². The highest BCUT2D eigenvalue weighted by Gasteiger charge is 2.25. The van der Waals surface area contributed by atoms with Gasteiger partial charge in [-0.1, -0.05) is 50.1 Å². The maximum atomic E-state index is 13.1. The fourth-order valence-electron chi connectivity index (χ4n) is 3.70. The van der Waals surface area contributed by atoms with Gasteiger partial charge < -0.3 is 9.88 Å². The van der Waals surface area contributed by atoms with Crippen molar-refractivity contribution in [3.05, 3.63) is 63.9 Å². The lowest BCUT2D eigenvalue weighted by atomic mass is 10.1. The number of nitrogens with one attached hydrogen (secondary N) is 1. The van der Waals surface area contributed by atoms with E-state index in [4.69, 9.17) is 16.6 Å². The molecule has 0 saturated carbocycles. The molecule has 0 aliphatic rings. The SMILES string of the molecule is CCCNC(=O)[C@H](CCC)n1c(Cc2ccccc2Cl)nc2cc(C)c(C)cc21. The lowest BCUT2D eigenvalue weighted by Gasteiger charge is -2.21. The molecule has 0 fully saturated rings. The molecule has 5 heteroatoms. The van der Waals surface area contributed by atoms with E-state index >= 15 is 0 Å². The van der Waals surface area contributed by atoms with Gasteiger partial charge in [0.1, 0.15) is 11.9 Å². The Balaban J connectivity index is 2.16. The highest BCUT2D eigenvalue weighted by molar-refractivity contribution is 6.31. The first kappa shape index (κ1) is 21.4. The molecule has 1 atom stereocenters. The normalized spacial score (nSPS) is 12.3. The van der Waals surface area contributed by atoms with Crippen LogP contribution in [0.5, 0.6) is 0 Å². The van der Waals surface area contributed by atoms with Crippen LogP contribution in [0.2, 0.25) is 5.02 Å². The van der Waals surface area contributed by atoms with Gasteiger partial charge in [0.2, 0.25) is 5.91 Å². The number of nitrogens with zero attached hydrogens (tertiary/aromatic N) is 2. The molecular weight excluding hydrogens is 382 g/mol. The topological polar surface area (TPSA) is 46.9 Å². The summed E-state index contributed by atoms with van der Waals surface area (Å²) in [5.41, 5.74) is 5.37. The summed E-state index contributed by atoms with van der Waals surface area (Å²) in [6.07, 6.45) is 3.19. The van der Waals surface area contributed by atoms with E-state index in [1.54, 1.807) is 0 Å². The van der Waals surface area contributed by atoms with Gasteiger partial charge in [-0.05, 0) is 61.6 Å². The van der Waals surface area contributed by atoms with E-state index in [-0.39, 0.29) is 11.9 Å². The standard InChI is InChI=1S/C24H30ClN3O/c1-5-9-21(24(29)26-12-6-2)28-22-14-17(4)16(3)13-20(22)27-23(28)15-18-10-7-8-11-19(18)25/h7-8,10-11,13-14,21H,5-6,9,12,15H2,1-4H3,(H,26,29)/t21-/m0/s1. The van der Waals surface area contributed by atoms with Gasteiger partial charge in [-0.25, -0.2) is 4.98 Å². The summed E-state index contributed by atoms with van der Waals surface area (Å²) in [5.74, 6) is 0.940. The van der Waals surface area contributed by atoms with E-state index in [0.717, 1.165) is 46.7 Å². The Kier molecular flexibility index (Phi) is 6.96. The van der Waals surface area contributed by atoms with Crippen molar-refractivity contribution in [2.45, 2.75) is 59.4 Å². The van der Waals surface area contributed by atoms with Crippen LogP contribution in [0.3, 0.4) is 0 Å². The zero-order valence-electron chi connectivity index (χ0n) is 17.8. The molecule has 0 radical (unpaired) electrons. The van der Waals surface area contributed by atoms with Crippen LogP contribution in [-0.4, -0.2) is 22.0 Å². The van der Waals surface area contributed by atoms with Crippen LogP contribution in [0, 0.1) is 13.8 Å².